The number of rotatable bonds is 4. The third-order valence-corrected chi connectivity index (χ3v) is 4.70. The standard InChI is InChI=1S/C21H18BrN3O/c1-15-13-19(11-12-20(15)22)24-21(26)25-23-14-16-7-9-18(10-8-16)17-5-3-2-4-6-17/h2-14H,1H3,(H2,24,25,26)/b23-14+. The lowest BCUT2D eigenvalue weighted by atomic mass is 10.0. The smallest absolute Gasteiger partial charge is 0.307 e. The van der Waals surface area contributed by atoms with Gasteiger partial charge in [0.05, 0.1) is 6.21 Å². The van der Waals surface area contributed by atoms with Crippen molar-refractivity contribution in [2.45, 2.75) is 6.92 Å². The van der Waals surface area contributed by atoms with E-state index in [-0.39, 0.29) is 6.03 Å². The van der Waals surface area contributed by atoms with Gasteiger partial charge in [-0.2, -0.15) is 5.10 Å². The Labute approximate surface area is 161 Å². The first-order valence-corrected chi connectivity index (χ1v) is 8.93. The summed E-state index contributed by atoms with van der Waals surface area (Å²) in [6, 6.07) is 23.4. The summed E-state index contributed by atoms with van der Waals surface area (Å²) in [5.74, 6) is 0. The maximum atomic E-state index is 11.9. The molecule has 0 aliphatic rings. The number of carbonyl (C=O) groups is 1. The first-order valence-electron chi connectivity index (χ1n) is 8.13. The number of urea groups is 1. The second-order valence-electron chi connectivity index (χ2n) is 5.78. The van der Waals surface area contributed by atoms with Crippen molar-refractivity contribution in [1.82, 2.24) is 5.43 Å². The highest BCUT2D eigenvalue weighted by Gasteiger charge is 2.02. The predicted octanol–water partition coefficient (Wildman–Crippen LogP) is 5.58. The van der Waals surface area contributed by atoms with Gasteiger partial charge in [0.2, 0.25) is 0 Å². The Morgan fingerprint density at radius 2 is 1.65 bits per heavy atom. The van der Waals surface area contributed by atoms with Crippen LogP contribution >= 0.6 is 15.9 Å². The summed E-state index contributed by atoms with van der Waals surface area (Å²) in [6.45, 7) is 1.96. The minimum absolute atomic E-state index is 0.385. The largest absolute Gasteiger partial charge is 0.339 e. The van der Waals surface area contributed by atoms with Gasteiger partial charge < -0.3 is 5.32 Å². The average molecular weight is 408 g/mol. The molecule has 3 aromatic carbocycles. The molecule has 3 rings (SSSR count). The van der Waals surface area contributed by atoms with Crippen molar-refractivity contribution >= 4 is 33.9 Å². The summed E-state index contributed by atoms with van der Waals surface area (Å²) in [6.07, 6.45) is 1.61. The van der Waals surface area contributed by atoms with E-state index in [4.69, 9.17) is 0 Å². The Balaban J connectivity index is 1.56. The second-order valence-corrected chi connectivity index (χ2v) is 6.63. The van der Waals surface area contributed by atoms with E-state index in [2.05, 4.69) is 43.9 Å². The van der Waals surface area contributed by atoms with Gasteiger partial charge in [-0.1, -0.05) is 70.5 Å². The molecule has 0 aromatic heterocycles. The van der Waals surface area contributed by atoms with Crippen LogP contribution in [-0.2, 0) is 0 Å². The Kier molecular flexibility index (Phi) is 5.81. The Bertz CT molecular complexity index is 922. The summed E-state index contributed by atoms with van der Waals surface area (Å²) in [4.78, 5) is 11.9. The molecule has 0 saturated carbocycles. The first-order chi connectivity index (χ1) is 12.6. The molecule has 0 aliphatic heterocycles. The number of hydrogen-bond donors (Lipinski definition) is 2. The minimum Gasteiger partial charge on any atom is -0.307 e. The molecule has 3 aromatic rings. The molecule has 0 heterocycles. The van der Waals surface area contributed by atoms with Gasteiger partial charge in [0.15, 0.2) is 0 Å². The van der Waals surface area contributed by atoms with E-state index < -0.39 is 0 Å². The van der Waals surface area contributed by atoms with Crippen molar-refractivity contribution in [3.05, 3.63) is 88.4 Å². The molecule has 0 unspecified atom stereocenters. The quantitative estimate of drug-likeness (QED) is 0.430. The van der Waals surface area contributed by atoms with E-state index in [0.717, 1.165) is 21.2 Å². The van der Waals surface area contributed by atoms with Crippen LogP contribution in [0.3, 0.4) is 0 Å². The van der Waals surface area contributed by atoms with Crippen LogP contribution in [0.2, 0.25) is 0 Å². The molecule has 2 N–H and O–H groups in total. The zero-order chi connectivity index (χ0) is 18.4. The van der Waals surface area contributed by atoms with Crippen molar-refractivity contribution < 1.29 is 4.79 Å². The van der Waals surface area contributed by atoms with Crippen LogP contribution < -0.4 is 10.7 Å². The van der Waals surface area contributed by atoms with Gasteiger partial charge in [-0.3, -0.25) is 0 Å². The van der Waals surface area contributed by atoms with Crippen molar-refractivity contribution in [2.24, 2.45) is 5.10 Å². The van der Waals surface area contributed by atoms with Crippen LogP contribution in [0.5, 0.6) is 0 Å². The highest BCUT2D eigenvalue weighted by atomic mass is 79.9. The lowest BCUT2D eigenvalue weighted by Crippen LogP contribution is -2.24. The number of halogens is 1. The molecule has 0 saturated heterocycles. The number of hydrogen-bond acceptors (Lipinski definition) is 2. The van der Waals surface area contributed by atoms with E-state index in [1.165, 1.54) is 5.56 Å². The monoisotopic (exact) mass is 407 g/mol. The SMILES string of the molecule is Cc1cc(NC(=O)N/N=C/c2ccc(-c3ccccc3)cc2)ccc1Br. The maximum Gasteiger partial charge on any atom is 0.339 e. The fraction of sp³-hybridized carbons (Fsp3) is 0.0476. The third-order valence-electron chi connectivity index (χ3n) is 3.81. The summed E-state index contributed by atoms with van der Waals surface area (Å²) in [5, 5.41) is 6.73. The number of nitrogens with zero attached hydrogens (tertiary/aromatic N) is 1. The van der Waals surface area contributed by atoms with Crippen LogP contribution in [0.15, 0.2) is 82.4 Å². The van der Waals surface area contributed by atoms with Gasteiger partial charge in [0, 0.05) is 10.2 Å². The number of benzene rings is 3. The predicted molar refractivity (Wildman–Crippen MR) is 111 cm³/mol. The Morgan fingerprint density at radius 3 is 2.35 bits per heavy atom. The number of anilines is 1. The molecule has 5 heteroatoms. The van der Waals surface area contributed by atoms with Crippen molar-refractivity contribution in [2.75, 3.05) is 5.32 Å². The number of carbonyl (C=O) groups excluding carboxylic acids is 1. The first kappa shape index (κ1) is 17.9. The fourth-order valence-corrected chi connectivity index (χ4v) is 2.69. The summed E-state index contributed by atoms with van der Waals surface area (Å²) in [7, 11) is 0. The van der Waals surface area contributed by atoms with Crippen molar-refractivity contribution in [3.63, 3.8) is 0 Å². The number of hydrazone groups is 1. The molecule has 0 bridgehead atoms. The van der Waals surface area contributed by atoms with E-state index in [0.29, 0.717) is 5.69 Å². The fourth-order valence-electron chi connectivity index (χ4n) is 2.44. The minimum atomic E-state index is -0.385. The van der Waals surface area contributed by atoms with Gasteiger partial charge in [-0.15, -0.1) is 0 Å². The van der Waals surface area contributed by atoms with Gasteiger partial charge in [0.25, 0.3) is 0 Å². The summed E-state index contributed by atoms with van der Waals surface area (Å²) >= 11 is 3.43. The van der Waals surface area contributed by atoms with Gasteiger partial charge in [-0.25, -0.2) is 10.2 Å². The highest BCUT2D eigenvalue weighted by molar-refractivity contribution is 9.10. The molecule has 26 heavy (non-hydrogen) atoms. The molecule has 0 atom stereocenters. The van der Waals surface area contributed by atoms with Crippen LogP contribution in [-0.4, -0.2) is 12.2 Å². The van der Waals surface area contributed by atoms with E-state index >= 15 is 0 Å². The Hall–Kier alpha value is -2.92. The van der Waals surface area contributed by atoms with Gasteiger partial charge >= 0.3 is 6.03 Å². The second kappa shape index (κ2) is 8.45. The zero-order valence-corrected chi connectivity index (χ0v) is 15.8. The van der Waals surface area contributed by atoms with Crippen LogP contribution in [0.1, 0.15) is 11.1 Å². The third kappa shape index (κ3) is 4.80. The lowest BCUT2D eigenvalue weighted by Gasteiger charge is -2.06. The van der Waals surface area contributed by atoms with Gasteiger partial charge in [0.1, 0.15) is 0 Å². The van der Waals surface area contributed by atoms with Crippen molar-refractivity contribution in [3.8, 4) is 11.1 Å². The normalized spacial score (nSPS) is 10.7. The molecule has 0 spiro atoms. The molecule has 4 nitrogen and oxygen atoms in total. The molecule has 0 radical (unpaired) electrons. The van der Waals surface area contributed by atoms with E-state index in [1.807, 2.05) is 67.6 Å². The van der Waals surface area contributed by atoms with E-state index in [9.17, 15) is 4.79 Å². The molecular formula is C21H18BrN3O. The number of nitrogens with one attached hydrogen (secondary N) is 2. The number of aryl methyl sites for hydroxylation is 1. The Morgan fingerprint density at radius 1 is 0.962 bits per heavy atom. The molecule has 0 aliphatic carbocycles. The lowest BCUT2D eigenvalue weighted by molar-refractivity contribution is 0.252. The molecular weight excluding hydrogens is 390 g/mol. The average Bonchev–Trinajstić information content (AvgIpc) is 2.66. The van der Waals surface area contributed by atoms with Crippen LogP contribution in [0.4, 0.5) is 10.5 Å². The molecule has 0 fully saturated rings. The van der Waals surface area contributed by atoms with Crippen molar-refractivity contribution in [1.29, 1.82) is 0 Å². The number of amides is 2. The summed E-state index contributed by atoms with van der Waals surface area (Å²) in [5.41, 5.74) is 7.44. The van der Waals surface area contributed by atoms with E-state index in [1.54, 1.807) is 6.21 Å². The maximum absolute atomic E-state index is 11.9. The summed E-state index contributed by atoms with van der Waals surface area (Å²) < 4.78 is 1.00. The topological polar surface area (TPSA) is 53.5 Å². The van der Waals surface area contributed by atoms with Crippen LogP contribution in [0, 0.1) is 6.92 Å². The molecule has 130 valence electrons. The highest BCUT2D eigenvalue weighted by Crippen LogP contribution is 2.20. The molecule has 2 amide bonds. The van der Waals surface area contributed by atoms with Gasteiger partial charge in [-0.05, 0) is 47.4 Å². The van der Waals surface area contributed by atoms with Crippen LogP contribution in [0.25, 0.3) is 11.1 Å². The zero-order valence-electron chi connectivity index (χ0n) is 14.2.